The molecule has 0 aliphatic heterocycles. The summed E-state index contributed by atoms with van der Waals surface area (Å²) in [6.07, 6.45) is 6.66. The van der Waals surface area contributed by atoms with Gasteiger partial charge in [-0.15, -0.1) is 0 Å². The van der Waals surface area contributed by atoms with E-state index >= 15 is 0 Å². The predicted octanol–water partition coefficient (Wildman–Crippen LogP) is 4.14. The molecule has 0 spiro atoms. The van der Waals surface area contributed by atoms with E-state index in [-0.39, 0.29) is 5.92 Å². The third-order valence-electron chi connectivity index (χ3n) is 4.88. The molecule has 2 nitrogen and oxygen atoms in total. The van der Waals surface area contributed by atoms with E-state index in [4.69, 9.17) is 4.74 Å². The molecule has 116 valence electrons. The number of ketones is 1. The van der Waals surface area contributed by atoms with Crippen molar-refractivity contribution in [2.45, 2.75) is 51.6 Å². The van der Waals surface area contributed by atoms with E-state index in [1.807, 2.05) is 25.1 Å². The van der Waals surface area contributed by atoms with Gasteiger partial charge in [-0.2, -0.15) is 0 Å². The first-order chi connectivity index (χ1) is 10.7. The van der Waals surface area contributed by atoms with Crippen LogP contribution in [0.2, 0.25) is 0 Å². The van der Waals surface area contributed by atoms with Gasteiger partial charge in [0.25, 0.3) is 0 Å². The quantitative estimate of drug-likeness (QED) is 0.619. The molecule has 2 aliphatic rings. The van der Waals surface area contributed by atoms with Crippen LogP contribution < -0.4 is 0 Å². The van der Waals surface area contributed by atoms with Crippen molar-refractivity contribution in [3.63, 3.8) is 0 Å². The Labute approximate surface area is 133 Å². The molecule has 0 saturated heterocycles. The van der Waals surface area contributed by atoms with Gasteiger partial charge in [0.15, 0.2) is 5.78 Å². The van der Waals surface area contributed by atoms with Crippen LogP contribution in [0, 0.1) is 30.6 Å². The number of Topliss-reactive ketones (excluding diaryl/α,β-unsaturated/α-hetero) is 1. The lowest BCUT2D eigenvalue weighted by Crippen LogP contribution is -2.26. The highest BCUT2D eigenvalue weighted by atomic mass is 16.5. The Balaban J connectivity index is 1.74. The minimum absolute atomic E-state index is 0.150. The van der Waals surface area contributed by atoms with Crippen molar-refractivity contribution >= 4 is 5.78 Å². The number of aryl methyl sites for hydroxylation is 1. The number of hydrogen-bond acceptors (Lipinski definition) is 2. The first-order valence-corrected chi connectivity index (χ1v) is 8.36. The molecule has 0 amide bonds. The fourth-order valence-corrected chi connectivity index (χ4v) is 3.16. The molecular weight excluding hydrogens is 272 g/mol. The average Bonchev–Trinajstić information content (AvgIpc) is 3.38. The van der Waals surface area contributed by atoms with E-state index in [2.05, 4.69) is 11.8 Å². The molecule has 2 saturated carbocycles. The third-order valence-corrected chi connectivity index (χ3v) is 4.88. The number of benzene rings is 1. The zero-order valence-electron chi connectivity index (χ0n) is 13.5. The second-order valence-electron chi connectivity index (χ2n) is 6.65. The molecule has 22 heavy (non-hydrogen) atoms. The van der Waals surface area contributed by atoms with E-state index in [0.717, 1.165) is 42.4 Å². The van der Waals surface area contributed by atoms with Crippen molar-refractivity contribution < 1.29 is 9.53 Å². The maximum atomic E-state index is 12.8. The summed E-state index contributed by atoms with van der Waals surface area (Å²) in [5.41, 5.74) is 2.91. The van der Waals surface area contributed by atoms with Crippen LogP contribution in [0.1, 0.15) is 60.0 Å². The zero-order valence-corrected chi connectivity index (χ0v) is 13.5. The molecule has 1 aromatic rings. The Morgan fingerprint density at radius 2 is 1.86 bits per heavy atom. The van der Waals surface area contributed by atoms with Crippen molar-refractivity contribution in [3.05, 3.63) is 34.9 Å². The number of carbonyl (C=O) groups excluding carboxylic acids is 1. The largest absolute Gasteiger partial charge is 0.381 e. The molecule has 2 heteroatoms. The molecule has 2 fully saturated rings. The highest BCUT2D eigenvalue weighted by Gasteiger charge is 2.27. The summed E-state index contributed by atoms with van der Waals surface area (Å²) in [7, 11) is 1.76. The van der Waals surface area contributed by atoms with Gasteiger partial charge in [-0.3, -0.25) is 4.79 Å². The SMILES string of the molecule is COC1CCC(C(=O)c2cc(C#CC3CC3)ccc2C)CC1. The van der Waals surface area contributed by atoms with E-state index in [9.17, 15) is 4.79 Å². The minimum atomic E-state index is 0.150. The van der Waals surface area contributed by atoms with Crippen molar-refractivity contribution in [2.24, 2.45) is 11.8 Å². The summed E-state index contributed by atoms with van der Waals surface area (Å²) in [5, 5.41) is 0. The maximum Gasteiger partial charge on any atom is 0.166 e. The number of hydrogen-bond donors (Lipinski definition) is 0. The second kappa shape index (κ2) is 6.67. The standard InChI is InChI=1S/C20H24O2/c1-14-3-4-16(8-7-15-5-6-15)13-19(14)20(21)17-9-11-18(22-2)12-10-17/h3-4,13,15,17-18H,5-6,9-12H2,1-2H3. The van der Waals surface area contributed by atoms with E-state index in [0.29, 0.717) is 17.8 Å². The van der Waals surface area contributed by atoms with Crippen LogP contribution in [-0.2, 0) is 4.74 Å². The molecule has 0 heterocycles. The van der Waals surface area contributed by atoms with Crippen LogP contribution in [-0.4, -0.2) is 19.0 Å². The molecule has 1 aromatic carbocycles. The molecule has 0 aromatic heterocycles. The van der Waals surface area contributed by atoms with Crippen LogP contribution in [0.3, 0.4) is 0 Å². The summed E-state index contributed by atoms with van der Waals surface area (Å²) in [6, 6.07) is 6.06. The van der Waals surface area contributed by atoms with Gasteiger partial charge in [0.05, 0.1) is 6.10 Å². The van der Waals surface area contributed by atoms with Crippen molar-refractivity contribution in [3.8, 4) is 11.8 Å². The molecule has 3 rings (SSSR count). The van der Waals surface area contributed by atoms with Crippen molar-refractivity contribution in [1.29, 1.82) is 0 Å². The summed E-state index contributed by atoms with van der Waals surface area (Å²) < 4.78 is 5.40. The number of rotatable bonds is 3. The van der Waals surface area contributed by atoms with E-state index < -0.39 is 0 Å². The van der Waals surface area contributed by atoms with E-state index in [1.165, 1.54) is 12.8 Å². The Hall–Kier alpha value is -1.59. The lowest BCUT2D eigenvalue weighted by atomic mass is 9.81. The summed E-state index contributed by atoms with van der Waals surface area (Å²) >= 11 is 0. The van der Waals surface area contributed by atoms with Crippen molar-refractivity contribution in [2.75, 3.05) is 7.11 Å². The van der Waals surface area contributed by atoms with Crippen LogP contribution in [0.15, 0.2) is 18.2 Å². The van der Waals surface area contributed by atoms with Gasteiger partial charge >= 0.3 is 0 Å². The molecular formula is C20H24O2. The van der Waals surface area contributed by atoms with Gasteiger partial charge in [-0.1, -0.05) is 17.9 Å². The molecule has 2 aliphatic carbocycles. The molecule has 0 N–H and O–H groups in total. The van der Waals surface area contributed by atoms with E-state index in [1.54, 1.807) is 7.11 Å². The van der Waals surface area contributed by atoms with Gasteiger partial charge < -0.3 is 4.74 Å². The van der Waals surface area contributed by atoms with Gasteiger partial charge in [0.2, 0.25) is 0 Å². The lowest BCUT2D eigenvalue weighted by Gasteiger charge is -2.27. The maximum absolute atomic E-state index is 12.8. The van der Waals surface area contributed by atoms with Gasteiger partial charge in [0.1, 0.15) is 0 Å². The minimum Gasteiger partial charge on any atom is -0.381 e. The molecule has 0 radical (unpaired) electrons. The van der Waals surface area contributed by atoms with Gasteiger partial charge in [0, 0.05) is 30.1 Å². The first-order valence-electron chi connectivity index (χ1n) is 8.36. The average molecular weight is 296 g/mol. The zero-order chi connectivity index (χ0) is 15.5. The summed E-state index contributed by atoms with van der Waals surface area (Å²) in [5.74, 6) is 7.53. The Morgan fingerprint density at radius 1 is 1.14 bits per heavy atom. The lowest BCUT2D eigenvalue weighted by molar-refractivity contribution is 0.0519. The topological polar surface area (TPSA) is 26.3 Å². The highest BCUT2D eigenvalue weighted by Crippen LogP contribution is 2.30. The fraction of sp³-hybridized carbons (Fsp3) is 0.550. The molecule has 0 unspecified atom stereocenters. The number of ether oxygens (including phenoxy) is 1. The van der Waals surface area contributed by atoms with Gasteiger partial charge in [-0.05, 0) is 63.1 Å². The smallest absolute Gasteiger partial charge is 0.166 e. The number of carbonyl (C=O) groups is 1. The van der Waals surface area contributed by atoms with Crippen LogP contribution in [0.5, 0.6) is 0 Å². The van der Waals surface area contributed by atoms with Crippen molar-refractivity contribution in [1.82, 2.24) is 0 Å². The summed E-state index contributed by atoms with van der Waals surface area (Å²) in [6.45, 7) is 2.02. The fourth-order valence-electron chi connectivity index (χ4n) is 3.16. The second-order valence-corrected chi connectivity index (χ2v) is 6.65. The number of methoxy groups -OCH3 is 1. The van der Waals surface area contributed by atoms with Gasteiger partial charge in [-0.25, -0.2) is 0 Å². The first kappa shape index (κ1) is 15.3. The molecule has 0 atom stereocenters. The Bertz CT molecular complexity index is 608. The van der Waals surface area contributed by atoms with Crippen LogP contribution in [0.25, 0.3) is 0 Å². The third kappa shape index (κ3) is 3.59. The normalized spacial score (nSPS) is 24.5. The van der Waals surface area contributed by atoms with Crippen LogP contribution in [0.4, 0.5) is 0 Å². The Morgan fingerprint density at radius 3 is 2.50 bits per heavy atom. The summed E-state index contributed by atoms with van der Waals surface area (Å²) in [4.78, 5) is 12.8. The molecule has 0 bridgehead atoms. The van der Waals surface area contributed by atoms with Crippen LogP contribution >= 0.6 is 0 Å². The Kier molecular flexibility index (Phi) is 4.64. The monoisotopic (exact) mass is 296 g/mol. The predicted molar refractivity (Wildman–Crippen MR) is 87.9 cm³/mol. The highest BCUT2D eigenvalue weighted by molar-refractivity contribution is 5.99.